The van der Waals surface area contributed by atoms with Gasteiger partial charge in [-0.25, -0.2) is 8.42 Å². The lowest BCUT2D eigenvalue weighted by Gasteiger charge is -2.29. The molecule has 2 aromatic rings. The lowest BCUT2D eigenvalue weighted by Crippen LogP contribution is -2.45. The minimum Gasteiger partial charge on any atom is -0.495 e. The normalized spacial score (nSPS) is 12.3. The number of nitrogens with zero attached hydrogens (tertiary/aromatic N) is 1. The minimum absolute atomic E-state index is 0.205. The summed E-state index contributed by atoms with van der Waals surface area (Å²) in [5.74, 6) is -0.163. The van der Waals surface area contributed by atoms with Gasteiger partial charge in [0.25, 0.3) is 0 Å². The van der Waals surface area contributed by atoms with Crippen LogP contribution in [0.25, 0.3) is 0 Å². The van der Waals surface area contributed by atoms with Crippen LogP contribution in [-0.4, -0.2) is 33.7 Å². The number of hydrogen-bond donors (Lipinski definition) is 1. The molecule has 146 valence electrons. The van der Waals surface area contributed by atoms with Gasteiger partial charge >= 0.3 is 0 Å². The average Bonchev–Trinajstić information content (AvgIpc) is 2.61. The van der Waals surface area contributed by atoms with Gasteiger partial charge in [-0.15, -0.1) is 0 Å². The molecule has 0 heterocycles. The molecule has 1 N–H and O–H groups in total. The summed E-state index contributed by atoms with van der Waals surface area (Å²) in [7, 11) is -2.36. The number of sulfonamides is 1. The Balaban J connectivity index is 2.36. The molecule has 0 aliphatic carbocycles. The fourth-order valence-electron chi connectivity index (χ4n) is 2.69. The van der Waals surface area contributed by atoms with Crippen molar-refractivity contribution >= 4 is 38.9 Å². The molecule has 0 saturated heterocycles. The van der Waals surface area contributed by atoms with Crippen molar-refractivity contribution in [2.75, 3.05) is 23.0 Å². The number of hydrogen-bond acceptors (Lipinski definition) is 4. The second-order valence-electron chi connectivity index (χ2n) is 6.09. The molecule has 0 bridgehead atoms. The molecule has 1 amide bonds. The molecule has 27 heavy (non-hydrogen) atoms. The lowest BCUT2D eigenvalue weighted by atomic mass is 10.1. The van der Waals surface area contributed by atoms with E-state index in [4.69, 9.17) is 16.3 Å². The highest BCUT2D eigenvalue weighted by atomic mass is 35.5. The van der Waals surface area contributed by atoms with Crippen molar-refractivity contribution in [1.29, 1.82) is 0 Å². The summed E-state index contributed by atoms with van der Waals surface area (Å²) in [4.78, 5) is 12.7. The monoisotopic (exact) mass is 410 g/mol. The number of nitrogens with one attached hydrogen (secondary N) is 1. The molecule has 0 unspecified atom stereocenters. The molecule has 0 aliphatic heterocycles. The van der Waals surface area contributed by atoms with Crippen LogP contribution in [0.2, 0.25) is 5.02 Å². The zero-order chi connectivity index (χ0) is 20.2. The first-order valence-electron chi connectivity index (χ1n) is 8.40. The summed E-state index contributed by atoms with van der Waals surface area (Å²) >= 11 is 6.03. The Morgan fingerprint density at radius 2 is 1.85 bits per heavy atom. The highest BCUT2D eigenvalue weighted by molar-refractivity contribution is 7.92. The fourth-order valence-corrected chi connectivity index (χ4v) is 4.02. The first-order valence-corrected chi connectivity index (χ1v) is 10.6. The first-order chi connectivity index (χ1) is 12.7. The largest absolute Gasteiger partial charge is 0.495 e. The standard InChI is InChI=1S/C19H23ClN2O4S/c1-5-14-6-9-16(10-7-14)21-19(23)13(2)22(27(4,24)25)17-12-15(20)8-11-18(17)26-3/h6-13H,5H2,1-4H3,(H,21,23)/t13-/m1/s1. The lowest BCUT2D eigenvalue weighted by molar-refractivity contribution is -0.116. The Morgan fingerprint density at radius 3 is 2.37 bits per heavy atom. The number of benzene rings is 2. The van der Waals surface area contributed by atoms with E-state index in [9.17, 15) is 13.2 Å². The predicted octanol–water partition coefficient (Wildman–Crippen LogP) is 3.70. The van der Waals surface area contributed by atoms with E-state index in [-0.39, 0.29) is 5.69 Å². The number of halogens is 1. The van der Waals surface area contributed by atoms with Crippen LogP contribution in [0.1, 0.15) is 19.4 Å². The quantitative estimate of drug-likeness (QED) is 0.755. The average molecular weight is 411 g/mol. The van der Waals surface area contributed by atoms with Gasteiger partial charge < -0.3 is 10.1 Å². The zero-order valence-corrected chi connectivity index (χ0v) is 17.3. The molecule has 0 spiro atoms. The Kier molecular flexibility index (Phi) is 6.73. The van der Waals surface area contributed by atoms with Crippen LogP contribution in [0.15, 0.2) is 42.5 Å². The number of amides is 1. The van der Waals surface area contributed by atoms with E-state index in [1.165, 1.54) is 20.1 Å². The number of anilines is 2. The third-order valence-electron chi connectivity index (χ3n) is 4.10. The van der Waals surface area contributed by atoms with E-state index in [0.717, 1.165) is 22.5 Å². The van der Waals surface area contributed by atoms with Crippen LogP contribution < -0.4 is 14.4 Å². The second kappa shape index (κ2) is 8.63. The fraction of sp³-hybridized carbons (Fsp3) is 0.316. The number of carbonyl (C=O) groups excluding carboxylic acids is 1. The van der Waals surface area contributed by atoms with Crippen molar-refractivity contribution in [3.8, 4) is 5.75 Å². The summed E-state index contributed by atoms with van der Waals surface area (Å²) in [6.45, 7) is 3.55. The third-order valence-corrected chi connectivity index (χ3v) is 5.56. The maximum absolute atomic E-state index is 12.7. The maximum Gasteiger partial charge on any atom is 0.247 e. The van der Waals surface area contributed by atoms with Gasteiger partial charge in [-0.1, -0.05) is 30.7 Å². The molecule has 1 atom stereocenters. The molecular weight excluding hydrogens is 388 g/mol. The smallest absolute Gasteiger partial charge is 0.247 e. The number of carbonyl (C=O) groups is 1. The maximum atomic E-state index is 12.7. The molecular formula is C19H23ClN2O4S. The van der Waals surface area contributed by atoms with Crippen LogP contribution in [0.4, 0.5) is 11.4 Å². The summed E-state index contributed by atoms with van der Waals surface area (Å²) in [6.07, 6.45) is 1.92. The number of aryl methyl sites for hydroxylation is 1. The summed E-state index contributed by atoms with van der Waals surface area (Å²) in [5.41, 5.74) is 1.94. The van der Waals surface area contributed by atoms with E-state index in [0.29, 0.717) is 16.5 Å². The number of ether oxygens (including phenoxy) is 1. The molecule has 6 nitrogen and oxygen atoms in total. The molecule has 0 radical (unpaired) electrons. The second-order valence-corrected chi connectivity index (χ2v) is 8.39. The van der Waals surface area contributed by atoms with Crippen LogP contribution >= 0.6 is 11.6 Å². The molecule has 8 heteroatoms. The number of methoxy groups -OCH3 is 1. The summed E-state index contributed by atoms with van der Waals surface area (Å²) in [5, 5.41) is 3.08. The van der Waals surface area contributed by atoms with Crippen LogP contribution in [0.5, 0.6) is 5.75 Å². The van der Waals surface area contributed by atoms with Crippen LogP contribution in [-0.2, 0) is 21.2 Å². The van der Waals surface area contributed by atoms with E-state index in [2.05, 4.69) is 5.32 Å². The SMILES string of the molecule is CCc1ccc(NC(=O)[C@@H](C)N(c2cc(Cl)ccc2OC)S(C)(=O)=O)cc1. The third kappa shape index (κ3) is 5.14. The van der Waals surface area contributed by atoms with Crippen molar-refractivity contribution < 1.29 is 17.9 Å². The van der Waals surface area contributed by atoms with Gasteiger partial charge in [-0.3, -0.25) is 9.10 Å². The van der Waals surface area contributed by atoms with Gasteiger partial charge in [0.2, 0.25) is 15.9 Å². The van der Waals surface area contributed by atoms with Gasteiger partial charge in [-0.2, -0.15) is 0 Å². The van der Waals surface area contributed by atoms with Gasteiger partial charge in [0.15, 0.2) is 0 Å². The van der Waals surface area contributed by atoms with E-state index < -0.39 is 22.0 Å². The van der Waals surface area contributed by atoms with Crippen LogP contribution in [0, 0.1) is 0 Å². The van der Waals surface area contributed by atoms with E-state index in [1.807, 2.05) is 19.1 Å². The topological polar surface area (TPSA) is 75.7 Å². The Bertz CT molecular complexity index is 914. The Morgan fingerprint density at radius 1 is 1.22 bits per heavy atom. The van der Waals surface area contributed by atoms with E-state index >= 15 is 0 Å². The molecule has 0 fully saturated rings. The van der Waals surface area contributed by atoms with Gasteiger partial charge in [0, 0.05) is 10.7 Å². The summed E-state index contributed by atoms with van der Waals surface area (Å²) < 4.78 is 31.1. The Hall–Kier alpha value is -2.25. The Labute approximate surface area is 165 Å². The van der Waals surface area contributed by atoms with Gasteiger partial charge in [0.05, 0.1) is 19.1 Å². The number of rotatable bonds is 7. The molecule has 0 aliphatic rings. The van der Waals surface area contributed by atoms with Crippen molar-refractivity contribution in [2.45, 2.75) is 26.3 Å². The molecule has 2 rings (SSSR count). The predicted molar refractivity (Wildman–Crippen MR) is 109 cm³/mol. The molecule has 0 aromatic heterocycles. The van der Waals surface area contributed by atoms with Crippen molar-refractivity contribution in [3.05, 3.63) is 53.1 Å². The van der Waals surface area contributed by atoms with Crippen molar-refractivity contribution in [1.82, 2.24) is 0 Å². The van der Waals surface area contributed by atoms with Gasteiger partial charge in [-0.05, 0) is 49.2 Å². The van der Waals surface area contributed by atoms with Crippen molar-refractivity contribution in [3.63, 3.8) is 0 Å². The van der Waals surface area contributed by atoms with Crippen LogP contribution in [0.3, 0.4) is 0 Å². The van der Waals surface area contributed by atoms with Crippen molar-refractivity contribution in [2.24, 2.45) is 0 Å². The zero-order valence-electron chi connectivity index (χ0n) is 15.7. The highest BCUT2D eigenvalue weighted by Crippen LogP contribution is 2.34. The van der Waals surface area contributed by atoms with E-state index in [1.54, 1.807) is 24.3 Å². The molecule has 2 aromatic carbocycles. The van der Waals surface area contributed by atoms with Gasteiger partial charge in [0.1, 0.15) is 11.8 Å². The first kappa shape index (κ1) is 21.1. The highest BCUT2D eigenvalue weighted by Gasteiger charge is 2.31. The minimum atomic E-state index is -3.78. The molecule has 0 saturated carbocycles. The summed E-state index contributed by atoms with van der Waals surface area (Å²) in [6, 6.07) is 11.0.